The van der Waals surface area contributed by atoms with Crippen molar-refractivity contribution in [3.8, 4) is 11.1 Å². The van der Waals surface area contributed by atoms with E-state index in [0.717, 1.165) is 0 Å². The molecule has 0 saturated carbocycles. The van der Waals surface area contributed by atoms with Crippen LogP contribution in [0, 0.1) is 18.8 Å². The second-order valence-electron chi connectivity index (χ2n) is 6.77. The Morgan fingerprint density at radius 3 is 2.00 bits per heavy atom. The average molecular weight is 264 g/mol. The van der Waals surface area contributed by atoms with Gasteiger partial charge >= 0.3 is 0 Å². The van der Waals surface area contributed by atoms with Crippen LogP contribution in [0.3, 0.4) is 0 Å². The van der Waals surface area contributed by atoms with Gasteiger partial charge in [0, 0.05) is 5.41 Å². The molecule has 20 heavy (non-hydrogen) atoms. The molecule has 0 N–H and O–H groups in total. The van der Waals surface area contributed by atoms with Gasteiger partial charge < -0.3 is 0 Å². The van der Waals surface area contributed by atoms with E-state index in [-0.39, 0.29) is 5.41 Å². The predicted molar refractivity (Wildman–Crippen MR) is 87.1 cm³/mol. The van der Waals surface area contributed by atoms with Gasteiger partial charge in [0.05, 0.1) is 0 Å². The second kappa shape index (κ2) is 4.48. The van der Waals surface area contributed by atoms with E-state index in [1.165, 1.54) is 27.8 Å². The summed E-state index contributed by atoms with van der Waals surface area (Å²) < 4.78 is 0. The lowest BCUT2D eigenvalue weighted by molar-refractivity contribution is 0.280. The van der Waals surface area contributed by atoms with Crippen molar-refractivity contribution in [1.29, 1.82) is 0 Å². The van der Waals surface area contributed by atoms with Crippen molar-refractivity contribution in [2.75, 3.05) is 0 Å². The fraction of sp³-hybridized carbons (Fsp3) is 0.400. The Morgan fingerprint density at radius 1 is 0.750 bits per heavy atom. The second-order valence-corrected chi connectivity index (χ2v) is 6.77. The summed E-state index contributed by atoms with van der Waals surface area (Å²) in [5, 5.41) is 0. The molecule has 1 aliphatic carbocycles. The maximum atomic E-state index is 2.41. The minimum atomic E-state index is 0.151. The third-order valence-corrected chi connectivity index (χ3v) is 5.11. The molecule has 0 fully saturated rings. The third-order valence-electron chi connectivity index (χ3n) is 5.11. The van der Waals surface area contributed by atoms with Crippen LogP contribution < -0.4 is 0 Å². The molecule has 0 aromatic heterocycles. The molecular formula is C20H24. The van der Waals surface area contributed by atoms with Gasteiger partial charge in [0.15, 0.2) is 0 Å². The molecule has 0 radical (unpaired) electrons. The molecule has 0 aliphatic heterocycles. The van der Waals surface area contributed by atoms with Gasteiger partial charge in [-0.1, -0.05) is 75.7 Å². The van der Waals surface area contributed by atoms with Crippen molar-refractivity contribution < 1.29 is 0 Å². The van der Waals surface area contributed by atoms with Gasteiger partial charge in [-0.2, -0.15) is 0 Å². The fourth-order valence-corrected chi connectivity index (χ4v) is 4.37. The highest BCUT2D eigenvalue weighted by Gasteiger charge is 2.47. The fourth-order valence-electron chi connectivity index (χ4n) is 4.37. The molecule has 0 bridgehead atoms. The van der Waals surface area contributed by atoms with Crippen molar-refractivity contribution in [3.05, 3.63) is 59.2 Å². The Morgan fingerprint density at radius 2 is 1.35 bits per heavy atom. The molecule has 0 heterocycles. The number of fused-ring (bicyclic) bond motifs is 3. The summed E-state index contributed by atoms with van der Waals surface area (Å²) in [6.45, 7) is 11.7. The topological polar surface area (TPSA) is 0 Å². The number of rotatable bonds is 2. The van der Waals surface area contributed by atoms with Crippen LogP contribution in [0.4, 0.5) is 0 Å². The van der Waals surface area contributed by atoms with Crippen molar-refractivity contribution in [3.63, 3.8) is 0 Å². The van der Waals surface area contributed by atoms with E-state index < -0.39 is 0 Å². The first-order valence-electron chi connectivity index (χ1n) is 7.70. The maximum absolute atomic E-state index is 2.41. The monoisotopic (exact) mass is 264 g/mol. The first-order valence-corrected chi connectivity index (χ1v) is 7.70. The minimum Gasteiger partial charge on any atom is -0.0619 e. The van der Waals surface area contributed by atoms with E-state index in [9.17, 15) is 0 Å². The minimum absolute atomic E-state index is 0.151. The number of benzene rings is 2. The van der Waals surface area contributed by atoms with E-state index >= 15 is 0 Å². The Bertz CT molecular complexity index is 639. The van der Waals surface area contributed by atoms with Gasteiger partial charge in [-0.3, -0.25) is 0 Å². The SMILES string of the molecule is Cc1ccc2c(c1)C(C(C)C)(C(C)C)c1ccccc1-2. The molecule has 0 atom stereocenters. The van der Waals surface area contributed by atoms with Crippen molar-refractivity contribution in [2.45, 2.75) is 40.0 Å². The molecule has 2 aromatic rings. The van der Waals surface area contributed by atoms with E-state index in [1.54, 1.807) is 0 Å². The largest absolute Gasteiger partial charge is 0.0619 e. The molecule has 1 aliphatic rings. The highest BCUT2D eigenvalue weighted by molar-refractivity contribution is 5.81. The van der Waals surface area contributed by atoms with Crippen LogP contribution in [-0.2, 0) is 5.41 Å². The highest BCUT2D eigenvalue weighted by Crippen LogP contribution is 2.56. The molecule has 2 aromatic carbocycles. The van der Waals surface area contributed by atoms with Crippen molar-refractivity contribution in [1.82, 2.24) is 0 Å². The van der Waals surface area contributed by atoms with Gasteiger partial charge in [-0.25, -0.2) is 0 Å². The maximum Gasteiger partial charge on any atom is 0.0261 e. The van der Waals surface area contributed by atoms with E-state index in [4.69, 9.17) is 0 Å². The highest BCUT2D eigenvalue weighted by atomic mass is 14.5. The first-order chi connectivity index (χ1) is 9.49. The van der Waals surface area contributed by atoms with Crippen LogP contribution in [0.15, 0.2) is 42.5 Å². The van der Waals surface area contributed by atoms with Crippen molar-refractivity contribution in [2.24, 2.45) is 11.8 Å². The standard InChI is InChI=1S/C20H24/c1-13(2)20(14(3)4)18-9-7-6-8-16(18)17-11-10-15(5)12-19(17)20/h6-14H,1-5H3. The molecule has 0 amide bonds. The van der Waals surface area contributed by atoms with Gasteiger partial charge in [0.1, 0.15) is 0 Å². The molecule has 0 unspecified atom stereocenters. The van der Waals surface area contributed by atoms with E-state index in [1.807, 2.05) is 0 Å². The van der Waals surface area contributed by atoms with Gasteiger partial charge in [0.2, 0.25) is 0 Å². The number of hydrogen-bond donors (Lipinski definition) is 0. The number of aryl methyl sites for hydroxylation is 1. The Hall–Kier alpha value is -1.56. The predicted octanol–water partition coefficient (Wildman–Crippen LogP) is 5.57. The molecule has 104 valence electrons. The van der Waals surface area contributed by atoms with Crippen LogP contribution in [0.25, 0.3) is 11.1 Å². The lowest BCUT2D eigenvalue weighted by Crippen LogP contribution is -2.37. The Kier molecular flexibility index (Phi) is 3.01. The van der Waals surface area contributed by atoms with Crippen molar-refractivity contribution >= 4 is 0 Å². The van der Waals surface area contributed by atoms with Gasteiger partial charge in [-0.05, 0) is 41.0 Å². The molecule has 0 nitrogen and oxygen atoms in total. The van der Waals surface area contributed by atoms with E-state index in [0.29, 0.717) is 11.8 Å². The summed E-state index contributed by atoms with van der Waals surface area (Å²) >= 11 is 0. The lowest BCUT2D eigenvalue weighted by Gasteiger charge is -2.40. The summed E-state index contributed by atoms with van der Waals surface area (Å²) in [6.07, 6.45) is 0. The lowest BCUT2D eigenvalue weighted by atomic mass is 9.63. The first kappa shape index (κ1) is 13.4. The summed E-state index contributed by atoms with van der Waals surface area (Å²) in [4.78, 5) is 0. The summed E-state index contributed by atoms with van der Waals surface area (Å²) in [6, 6.07) is 16.0. The van der Waals surface area contributed by atoms with Crippen LogP contribution in [0.1, 0.15) is 44.4 Å². The zero-order chi connectivity index (χ0) is 14.5. The van der Waals surface area contributed by atoms with Gasteiger partial charge in [0.25, 0.3) is 0 Å². The van der Waals surface area contributed by atoms with Crippen LogP contribution >= 0.6 is 0 Å². The summed E-state index contributed by atoms with van der Waals surface area (Å²) in [5.41, 5.74) is 7.44. The molecule has 0 saturated heterocycles. The average Bonchev–Trinajstić information content (AvgIpc) is 2.69. The van der Waals surface area contributed by atoms with Gasteiger partial charge in [-0.15, -0.1) is 0 Å². The summed E-state index contributed by atoms with van der Waals surface area (Å²) in [5.74, 6) is 1.18. The number of hydrogen-bond acceptors (Lipinski definition) is 0. The molecule has 0 heteroatoms. The van der Waals surface area contributed by atoms with Crippen LogP contribution in [0.2, 0.25) is 0 Å². The smallest absolute Gasteiger partial charge is 0.0261 e. The third kappa shape index (κ3) is 1.54. The van der Waals surface area contributed by atoms with E-state index in [2.05, 4.69) is 77.1 Å². The Balaban J connectivity index is 2.43. The molecule has 3 rings (SSSR count). The van der Waals surface area contributed by atoms with Crippen LogP contribution in [0.5, 0.6) is 0 Å². The Labute approximate surface area is 122 Å². The van der Waals surface area contributed by atoms with Crippen LogP contribution in [-0.4, -0.2) is 0 Å². The molecular weight excluding hydrogens is 240 g/mol. The zero-order valence-corrected chi connectivity index (χ0v) is 13.2. The molecule has 0 spiro atoms. The zero-order valence-electron chi connectivity index (χ0n) is 13.2. The summed E-state index contributed by atoms with van der Waals surface area (Å²) in [7, 11) is 0. The quantitative estimate of drug-likeness (QED) is 0.665. The normalized spacial score (nSPS) is 15.6.